The molecule has 1 saturated heterocycles. The van der Waals surface area contributed by atoms with E-state index in [1.807, 2.05) is 24.8 Å². The largest absolute Gasteiger partial charge is 0.357 e. The van der Waals surface area contributed by atoms with E-state index in [-0.39, 0.29) is 41.8 Å². The van der Waals surface area contributed by atoms with Crippen LogP contribution in [0.15, 0.2) is 35.6 Å². The van der Waals surface area contributed by atoms with Gasteiger partial charge in [0.25, 0.3) is 0 Å². The highest BCUT2D eigenvalue weighted by Gasteiger charge is 2.32. The van der Waals surface area contributed by atoms with Crippen molar-refractivity contribution in [3.8, 4) is 5.69 Å². The summed E-state index contributed by atoms with van der Waals surface area (Å²) in [6.45, 7) is 6.48. The topological polar surface area (TPSA) is 74.6 Å². The molecule has 1 amide bonds. The fourth-order valence-electron chi connectivity index (χ4n) is 4.67. The summed E-state index contributed by atoms with van der Waals surface area (Å²) in [5, 5.41) is 6.72. The van der Waals surface area contributed by atoms with Gasteiger partial charge in [-0.3, -0.25) is 4.79 Å². The first-order valence-corrected chi connectivity index (χ1v) is 11.7. The molecule has 33 heavy (non-hydrogen) atoms. The summed E-state index contributed by atoms with van der Waals surface area (Å²) in [5.41, 5.74) is 1.28. The minimum absolute atomic E-state index is 0. The van der Waals surface area contributed by atoms with Crippen LogP contribution in [-0.4, -0.2) is 52.0 Å². The van der Waals surface area contributed by atoms with Crippen LogP contribution in [0.3, 0.4) is 0 Å². The van der Waals surface area contributed by atoms with Crippen LogP contribution in [-0.2, 0) is 11.3 Å². The Morgan fingerprint density at radius 1 is 1.27 bits per heavy atom. The molecule has 2 fully saturated rings. The van der Waals surface area contributed by atoms with Crippen LogP contribution in [0.2, 0.25) is 0 Å². The summed E-state index contributed by atoms with van der Waals surface area (Å²) in [5.74, 6) is 1.68. The number of amides is 1. The van der Waals surface area contributed by atoms with E-state index in [2.05, 4.69) is 20.6 Å². The number of aromatic nitrogens is 2. The molecule has 1 aliphatic heterocycles. The highest BCUT2D eigenvalue weighted by molar-refractivity contribution is 14.0. The Hall–Kier alpha value is -2.17. The Bertz CT molecular complexity index is 972. The Labute approximate surface area is 212 Å². The molecule has 1 aliphatic carbocycles. The number of imidazole rings is 1. The lowest BCUT2D eigenvalue weighted by molar-refractivity contribution is -0.134. The third-order valence-electron chi connectivity index (χ3n) is 6.41. The van der Waals surface area contributed by atoms with Crippen molar-refractivity contribution in [1.29, 1.82) is 0 Å². The van der Waals surface area contributed by atoms with Gasteiger partial charge in [-0.2, -0.15) is 0 Å². The quantitative estimate of drug-likeness (QED) is 0.316. The maximum atomic E-state index is 14.7. The van der Waals surface area contributed by atoms with E-state index in [0.717, 1.165) is 43.7 Å². The highest BCUT2D eigenvalue weighted by atomic mass is 127. The Kier molecular flexibility index (Phi) is 9.10. The van der Waals surface area contributed by atoms with Gasteiger partial charge < -0.3 is 20.1 Å². The van der Waals surface area contributed by atoms with Crippen molar-refractivity contribution in [1.82, 2.24) is 25.1 Å². The molecule has 4 rings (SSSR count). The third-order valence-corrected chi connectivity index (χ3v) is 6.41. The van der Waals surface area contributed by atoms with E-state index in [0.29, 0.717) is 30.6 Å². The Balaban J connectivity index is 0.00000306. The predicted octanol–water partition coefficient (Wildman–Crippen LogP) is 3.78. The SMILES string of the molecule is CCNC(=NCc1ccc(-n2ccnc2C)c(F)c1)NC1CCN(C(=O)C2CCCC2)C1.I. The van der Waals surface area contributed by atoms with Gasteiger partial charge in [0.05, 0.1) is 12.2 Å². The van der Waals surface area contributed by atoms with Gasteiger partial charge in [0.15, 0.2) is 5.96 Å². The van der Waals surface area contributed by atoms with E-state index in [4.69, 9.17) is 0 Å². The molecule has 1 unspecified atom stereocenters. The molecule has 1 atom stereocenters. The van der Waals surface area contributed by atoms with Crippen molar-refractivity contribution in [2.75, 3.05) is 19.6 Å². The van der Waals surface area contributed by atoms with Crippen molar-refractivity contribution in [3.63, 3.8) is 0 Å². The van der Waals surface area contributed by atoms with Crippen LogP contribution in [0, 0.1) is 18.7 Å². The fourth-order valence-corrected chi connectivity index (χ4v) is 4.67. The number of benzene rings is 1. The monoisotopic (exact) mass is 568 g/mol. The molecule has 2 heterocycles. The average molecular weight is 568 g/mol. The molecule has 0 bridgehead atoms. The number of likely N-dealkylation sites (tertiary alicyclic amines) is 1. The lowest BCUT2D eigenvalue weighted by Crippen LogP contribution is -2.45. The first-order chi connectivity index (χ1) is 15.5. The summed E-state index contributed by atoms with van der Waals surface area (Å²) < 4.78 is 16.4. The lowest BCUT2D eigenvalue weighted by atomic mass is 10.1. The Morgan fingerprint density at radius 2 is 2.06 bits per heavy atom. The second-order valence-corrected chi connectivity index (χ2v) is 8.72. The van der Waals surface area contributed by atoms with Crippen LogP contribution in [0.4, 0.5) is 4.39 Å². The molecule has 2 aromatic rings. The Morgan fingerprint density at radius 3 is 2.73 bits per heavy atom. The van der Waals surface area contributed by atoms with Crippen LogP contribution < -0.4 is 10.6 Å². The van der Waals surface area contributed by atoms with Crippen LogP contribution in [0.1, 0.15) is 50.4 Å². The van der Waals surface area contributed by atoms with E-state index < -0.39 is 0 Å². The van der Waals surface area contributed by atoms with Gasteiger partial charge in [0.1, 0.15) is 11.6 Å². The van der Waals surface area contributed by atoms with Crippen LogP contribution >= 0.6 is 24.0 Å². The fraction of sp³-hybridized carbons (Fsp3) is 0.542. The van der Waals surface area contributed by atoms with Crippen molar-refractivity contribution in [3.05, 3.63) is 47.8 Å². The zero-order valence-corrected chi connectivity index (χ0v) is 21.7. The van der Waals surface area contributed by atoms with Crippen molar-refractivity contribution in [2.45, 2.75) is 58.5 Å². The minimum atomic E-state index is -0.298. The molecule has 1 aromatic heterocycles. The van der Waals surface area contributed by atoms with Crippen molar-refractivity contribution >= 4 is 35.8 Å². The molecule has 2 aliphatic rings. The van der Waals surface area contributed by atoms with Gasteiger partial charge in [0, 0.05) is 44.0 Å². The summed E-state index contributed by atoms with van der Waals surface area (Å²) in [6, 6.07) is 5.36. The molecule has 9 heteroatoms. The number of rotatable bonds is 6. The van der Waals surface area contributed by atoms with Crippen LogP contribution in [0.5, 0.6) is 0 Å². The van der Waals surface area contributed by atoms with Gasteiger partial charge in [-0.15, -0.1) is 24.0 Å². The van der Waals surface area contributed by atoms with Gasteiger partial charge >= 0.3 is 0 Å². The van der Waals surface area contributed by atoms with E-state index >= 15 is 0 Å². The van der Waals surface area contributed by atoms with E-state index in [9.17, 15) is 9.18 Å². The minimum Gasteiger partial charge on any atom is -0.357 e. The number of carbonyl (C=O) groups is 1. The van der Waals surface area contributed by atoms with Gasteiger partial charge in [-0.25, -0.2) is 14.4 Å². The first-order valence-electron chi connectivity index (χ1n) is 11.7. The maximum absolute atomic E-state index is 14.7. The van der Waals surface area contributed by atoms with E-state index in [1.165, 1.54) is 18.9 Å². The molecule has 0 radical (unpaired) electrons. The number of nitrogens with one attached hydrogen (secondary N) is 2. The smallest absolute Gasteiger partial charge is 0.225 e. The number of hydrogen-bond acceptors (Lipinski definition) is 3. The summed E-state index contributed by atoms with van der Waals surface area (Å²) >= 11 is 0. The van der Waals surface area contributed by atoms with E-state index in [1.54, 1.807) is 23.0 Å². The normalized spacial score (nSPS) is 18.9. The molecular formula is C24H34FIN6O. The second-order valence-electron chi connectivity index (χ2n) is 8.72. The molecule has 0 spiro atoms. The zero-order chi connectivity index (χ0) is 22.5. The van der Waals surface area contributed by atoms with Crippen LogP contribution in [0.25, 0.3) is 5.69 Å². The molecule has 1 saturated carbocycles. The molecule has 180 valence electrons. The third kappa shape index (κ3) is 6.24. The maximum Gasteiger partial charge on any atom is 0.225 e. The van der Waals surface area contributed by atoms with Gasteiger partial charge in [-0.1, -0.05) is 18.9 Å². The number of carbonyl (C=O) groups excluding carboxylic acids is 1. The summed E-state index contributed by atoms with van der Waals surface area (Å²) in [6.07, 6.45) is 8.74. The molecular weight excluding hydrogens is 534 g/mol. The number of aliphatic imine (C=N–C) groups is 1. The predicted molar refractivity (Wildman–Crippen MR) is 139 cm³/mol. The first kappa shape index (κ1) is 25.5. The molecule has 7 nitrogen and oxygen atoms in total. The average Bonchev–Trinajstić information content (AvgIpc) is 3.54. The van der Waals surface area contributed by atoms with Crippen molar-refractivity contribution in [2.24, 2.45) is 10.9 Å². The number of nitrogens with zero attached hydrogens (tertiary/aromatic N) is 4. The van der Waals surface area contributed by atoms with Crippen molar-refractivity contribution < 1.29 is 9.18 Å². The number of hydrogen-bond donors (Lipinski definition) is 2. The number of halogens is 2. The summed E-state index contributed by atoms with van der Waals surface area (Å²) in [4.78, 5) is 23.5. The standard InChI is InChI=1S/C24H33FN6O.HI/c1-3-26-24(29-20-10-12-30(16-20)23(32)19-6-4-5-7-19)28-15-18-8-9-22(21(25)14-18)31-13-11-27-17(31)2;/h8-9,11,13-14,19-20H,3-7,10,12,15-16H2,1-2H3,(H2,26,28,29);1H. The molecule has 2 N–H and O–H groups in total. The van der Waals surface area contributed by atoms with Gasteiger partial charge in [-0.05, 0) is 50.8 Å². The number of guanidine groups is 1. The highest BCUT2D eigenvalue weighted by Crippen LogP contribution is 2.27. The number of aryl methyl sites for hydroxylation is 1. The second kappa shape index (κ2) is 11.8. The molecule has 1 aromatic carbocycles. The zero-order valence-electron chi connectivity index (χ0n) is 19.4. The van der Waals surface area contributed by atoms with Gasteiger partial charge in [0.2, 0.25) is 5.91 Å². The lowest BCUT2D eigenvalue weighted by Gasteiger charge is -2.21. The summed E-state index contributed by atoms with van der Waals surface area (Å²) in [7, 11) is 0.